The molecule has 0 aromatic heterocycles. The van der Waals surface area contributed by atoms with Crippen LogP contribution >= 0.6 is 0 Å². The number of nitrogens with zero attached hydrogens (tertiary/aromatic N) is 1. The Balaban J connectivity index is 3.14. The van der Waals surface area contributed by atoms with Gasteiger partial charge in [-0.05, 0) is 23.8 Å². The monoisotopic (exact) mass is 204 g/mol. The standard InChI is InChI=1S/C11H12N2O2/c1-14-10-4-8(3-9(13)7-12)5-11(6-10)15-2/h3-6H,13H2,1-2H3. The van der Waals surface area contributed by atoms with Crippen molar-refractivity contribution < 1.29 is 9.47 Å². The number of benzene rings is 1. The van der Waals surface area contributed by atoms with Crippen molar-refractivity contribution in [2.75, 3.05) is 14.2 Å². The number of methoxy groups -OCH3 is 2. The van der Waals surface area contributed by atoms with Gasteiger partial charge >= 0.3 is 0 Å². The third-order valence-electron chi connectivity index (χ3n) is 1.83. The molecule has 0 bridgehead atoms. The largest absolute Gasteiger partial charge is 0.497 e. The molecule has 0 atom stereocenters. The summed E-state index contributed by atoms with van der Waals surface area (Å²) in [5.41, 5.74) is 6.32. The van der Waals surface area contributed by atoms with Crippen LogP contribution in [0, 0.1) is 11.3 Å². The number of rotatable bonds is 3. The number of hydrogen-bond donors (Lipinski definition) is 1. The van der Waals surface area contributed by atoms with Crippen LogP contribution in [0.1, 0.15) is 5.56 Å². The minimum atomic E-state index is 0.144. The fraction of sp³-hybridized carbons (Fsp3) is 0.182. The van der Waals surface area contributed by atoms with E-state index in [1.807, 2.05) is 6.07 Å². The van der Waals surface area contributed by atoms with Crippen molar-refractivity contribution in [2.45, 2.75) is 0 Å². The molecule has 0 radical (unpaired) electrons. The first-order chi connectivity index (χ1) is 7.19. The molecule has 0 fully saturated rings. The van der Waals surface area contributed by atoms with Gasteiger partial charge in [-0.3, -0.25) is 0 Å². The second-order valence-electron chi connectivity index (χ2n) is 2.86. The van der Waals surface area contributed by atoms with Gasteiger partial charge in [-0.1, -0.05) is 0 Å². The average Bonchev–Trinajstić information content (AvgIpc) is 2.28. The average molecular weight is 204 g/mol. The number of ether oxygens (including phenoxy) is 2. The van der Waals surface area contributed by atoms with Gasteiger partial charge in [-0.2, -0.15) is 5.26 Å². The lowest BCUT2D eigenvalue weighted by Gasteiger charge is -2.05. The van der Waals surface area contributed by atoms with Crippen molar-refractivity contribution in [2.24, 2.45) is 5.73 Å². The van der Waals surface area contributed by atoms with Crippen molar-refractivity contribution in [1.29, 1.82) is 5.26 Å². The lowest BCUT2D eigenvalue weighted by atomic mass is 10.1. The molecule has 0 aliphatic rings. The summed E-state index contributed by atoms with van der Waals surface area (Å²) in [6, 6.07) is 7.14. The van der Waals surface area contributed by atoms with Gasteiger partial charge in [0.1, 0.15) is 23.3 Å². The Kier molecular flexibility index (Phi) is 3.58. The highest BCUT2D eigenvalue weighted by molar-refractivity contribution is 5.59. The van der Waals surface area contributed by atoms with Crippen LogP contribution in [-0.2, 0) is 0 Å². The number of nitriles is 1. The van der Waals surface area contributed by atoms with Crippen LogP contribution in [0.25, 0.3) is 6.08 Å². The summed E-state index contributed by atoms with van der Waals surface area (Å²) in [5, 5.41) is 8.54. The van der Waals surface area contributed by atoms with E-state index < -0.39 is 0 Å². The topological polar surface area (TPSA) is 68.3 Å². The van der Waals surface area contributed by atoms with E-state index in [2.05, 4.69) is 0 Å². The molecule has 0 saturated carbocycles. The lowest BCUT2D eigenvalue weighted by molar-refractivity contribution is 0.394. The maximum atomic E-state index is 8.54. The van der Waals surface area contributed by atoms with E-state index >= 15 is 0 Å². The predicted octanol–water partition coefficient (Wildman–Crippen LogP) is 1.53. The van der Waals surface area contributed by atoms with E-state index in [9.17, 15) is 0 Å². The summed E-state index contributed by atoms with van der Waals surface area (Å²) < 4.78 is 10.2. The normalized spacial score (nSPS) is 10.6. The Morgan fingerprint density at radius 2 is 1.80 bits per heavy atom. The maximum Gasteiger partial charge on any atom is 0.123 e. The van der Waals surface area contributed by atoms with Crippen LogP contribution in [0.15, 0.2) is 23.9 Å². The van der Waals surface area contributed by atoms with Gasteiger partial charge in [0.25, 0.3) is 0 Å². The smallest absolute Gasteiger partial charge is 0.123 e. The molecule has 0 unspecified atom stereocenters. The Bertz CT molecular complexity index is 397. The summed E-state index contributed by atoms with van der Waals surface area (Å²) in [6.07, 6.45) is 1.56. The Morgan fingerprint density at radius 3 is 2.20 bits per heavy atom. The van der Waals surface area contributed by atoms with Gasteiger partial charge in [0, 0.05) is 6.07 Å². The molecular weight excluding hydrogens is 192 g/mol. The highest BCUT2D eigenvalue weighted by Gasteiger charge is 2.00. The summed E-state index contributed by atoms with van der Waals surface area (Å²) in [5.74, 6) is 1.32. The van der Waals surface area contributed by atoms with Crippen LogP contribution in [0.2, 0.25) is 0 Å². The molecule has 1 aromatic carbocycles. The predicted molar refractivity (Wildman–Crippen MR) is 57.3 cm³/mol. The van der Waals surface area contributed by atoms with E-state index in [4.69, 9.17) is 20.5 Å². The molecule has 0 aliphatic heterocycles. The molecule has 0 heterocycles. The Labute approximate surface area is 88.5 Å². The van der Waals surface area contributed by atoms with Crippen LogP contribution in [0.3, 0.4) is 0 Å². The van der Waals surface area contributed by atoms with Crippen molar-refractivity contribution in [3.8, 4) is 17.6 Å². The number of hydrogen-bond acceptors (Lipinski definition) is 4. The fourth-order valence-corrected chi connectivity index (χ4v) is 1.12. The van der Waals surface area contributed by atoms with E-state index in [1.54, 1.807) is 38.5 Å². The molecule has 0 amide bonds. The van der Waals surface area contributed by atoms with Crippen LogP contribution in [-0.4, -0.2) is 14.2 Å². The zero-order valence-electron chi connectivity index (χ0n) is 8.65. The highest BCUT2D eigenvalue weighted by atomic mass is 16.5. The zero-order chi connectivity index (χ0) is 11.3. The number of allylic oxidation sites excluding steroid dienone is 1. The molecule has 2 N–H and O–H groups in total. The molecule has 0 spiro atoms. The zero-order valence-corrected chi connectivity index (χ0v) is 8.65. The molecule has 4 nitrogen and oxygen atoms in total. The second-order valence-corrected chi connectivity index (χ2v) is 2.86. The summed E-state index contributed by atoms with van der Waals surface area (Å²) in [4.78, 5) is 0. The van der Waals surface area contributed by atoms with E-state index in [-0.39, 0.29) is 5.70 Å². The molecule has 78 valence electrons. The first kappa shape index (κ1) is 10.9. The van der Waals surface area contributed by atoms with Crippen molar-refractivity contribution >= 4 is 6.08 Å². The van der Waals surface area contributed by atoms with Gasteiger partial charge in [0.05, 0.1) is 14.2 Å². The summed E-state index contributed by atoms with van der Waals surface area (Å²) in [6.45, 7) is 0. The first-order valence-corrected chi connectivity index (χ1v) is 4.30. The lowest BCUT2D eigenvalue weighted by Crippen LogP contribution is -1.93. The molecule has 0 aliphatic carbocycles. The first-order valence-electron chi connectivity index (χ1n) is 4.30. The molecular formula is C11H12N2O2. The summed E-state index contributed by atoms with van der Waals surface area (Å²) >= 11 is 0. The third-order valence-corrected chi connectivity index (χ3v) is 1.83. The summed E-state index contributed by atoms with van der Waals surface area (Å²) in [7, 11) is 3.13. The maximum absolute atomic E-state index is 8.54. The number of nitrogens with two attached hydrogens (primary N) is 1. The quantitative estimate of drug-likeness (QED) is 0.758. The van der Waals surface area contributed by atoms with Gasteiger partial charge in [0.2, 0.25) is 0 Å². The van der Waals surface area contributed by atoms with Crippen molar-refractivity contribution in [1.82, 2.24) is 0 Å². The highest BCUT2D eigenvalue weighted by Crippen LogP contribution is 2.23. The van der Waals surface area contributed by atoms with Crippen molar-refractivity contribution in [3.63, 3.8) is 0 Å². The molecule has 4 heteroatoms. The van der Waals surface area contributed by atoms with E-state index in [1.165, 1.54) is 0 Å². The van der Waals surface area contributed by atoms with E-state index in [0.717, 1.165) is 5.56 Å². The molecule has 1 rings (SSSR count). The Morgan fingerprint density at radius 1 is 1.27 bits per heavy atom. The van der Waals surface area contributed by atoms with E-state index in [0.29, 0.717) is 11.5 Å². The van der Waals surface area contributed by atoms with Gasteiger partial charge in [0.15, 0.2) is 0 Å². The SMILES string of the molecule is COc1cc(C=C(N)C#N)cc(OC)c1. The molecule has 1 aromatic rings. The van der Waals surface area contributed by atoms with Gasteiger partial charge < -0.3 is 15.2 Å². The van der Waals surface area contributed by atoms with Crippen LogP contribution in [0.4, 0.5) is 0 Å². The molecule has 0 saturated heterocycles. The van der Waals surface area contributed by atoms with Crippen molar-refractivity contribution in [3.05, 3.63) is 29.5 Å². The second kappa shape index (κ2) is 4.91. The van der Waals surface area contributed by atoms with Crippen LogP contribution in [0.5, 0.6) is 11.5 Å². The van der Waals surface area contributed by atoms with Gasteiger partial charge in [-0.15, -0.1) is 0 Å². The third kappa shape index (κ3) is 2.92. The fourth-order valence-electron chi connectivity index (χ4n) is 1.12. The Hall–Kier alpha value is -2.15. The van der Waals surface area contributed by atoms with Crippen LogP contribution < -0.4 is 15.2 Å². The van der Waals surface area contributed by atoms with Gasteiger partial charge in [-0.25, -0.2) is 0 Å². The minimum Gasteiger partial charge on any atom is -0.497 e. The minimum absolute atomic E-state index is 0.144. The molecule has 15 heavy (non-hydrogen) atoms.